The van der Waals surface area contributed by atoms with Gasteiger partial charge in [-0.25, -0.2) is 9.78 Å². The highest BCUT2D eigenvalue weighted by molar-refractivity contribution is 7.20. The zero-order valence-corrected chi connectivity index (χ0v) is 27.9. The predicted octanol–water partition coefficient (Wildman–Crippen LogP) is 5.44. The van der Waals surface area contributed by atoms with Crippen molar-refractivity contribution in [2.45, 2.75) is 38.6 Å². The third kappa shape index (κ3) is 6.88. The molecule has 1 saturated heterocycles. The Hall–Kier alpha value is -5.24. The molecular formula is C34H36N6O7S. The smallest absolute Gasteiger partial charge is 0.348 e. The average Bonchev–Trinajstić information content (AvgIpc) is 3.64. The van der Waals surface area contributed by atoms with Gasteiger partial charge in [0.1, 0.15) is 4.88 Å². The Kier molecular flexibility index (Phi) is 9.44. The summed E-state index contributed by atoms with van der Waals surface area (Å²) in [6.07, 6.45) is 5.79. The Labute approximate surface area is 280 Å². The topological polar surface area (TPSA) is 153 Å². The molecule has 0 aliphatic carbocycles. The van der Waals surface area contributed by atoms with Gasteiger partial charge in [-0.15, -0.1) is 11.3 Å². The van der Waals surface area contributed by atoms with Gasteiger partial charge in [0, 0.05) is 48.9 Å². The van der Waals surface area contributed by atoms with Crippen molar-refractivity contribution in [2.24, 2.45) is 18.0 Å². The molecule has 0 bridgehead atoms. The van der Waals surface area contributed by atoms with Crippen LogP contribution in [0.1, 0.15) is 63.3 Å². The van der Waals surface area contributed by atoms with Crippen molar-refractivity contribution in [2.75, 3.05) is 38.0 Å². The Morgan fingerprint density at radius 2 is 1.92 bits per heavy atom. The van der Waals surface area contributed by atoms with E-state index in [0.29, 0.717) is 52.2 Å². The molecule has 0 spiro atoms. The summed E-state index contributed by atoms with van der Waals surface area (Å²) in [7, 11) is 4.51. The SMILES string of the molecule is COC(=O)c1cc2cc(NC(=O)c3nc(NC(=O)CCCOc4cc5c(cc4OC)C(=O)N4CCC(C)C[C@H]4C=N5)cn3C)ccc2s1. The van der Waals surface area contributed by atoms with E-state index < -0.39 is 11.9 Å². The van der Waals surface area contributed by atoms with Gasteiger partial charge in [-0.3, -0.25) is 19.4 Å². The number of esters is 1. The second-order valence-electron chi connectivity index (χ2n) is 11.9. The second-order valence-corrected chi connectivity index (χ2v) is 12.9. The van der Waals surface area contributed by atoms with Crippen LogP contribution < -0.4 is 20.1 Å². The molecule has 2 atom stereocenters. The van der Waals surface area contributed by atoms with Gasteiger partial charge in [-0.2, -0.15) is 0 Å². The minimum Gasteiger partial charge on any atom is -0.493 e. The van der Waals surface area contributed by atoms with Crippen molar-refractivity contribution in [3.63, 3.8) is 0 Å². The molecule has 14 heteroatoms. The van der Waals surface area contributed by atoms with Gasteiger partial charge in [0.15, 0.2) is 17.3 Å². The van der Waals surface area contributed by atoms with Crippen LogP contribution in [0.3, 0.4) is 0 Å². The first-order valence-electron chi connectivity index (χ1n) is 15.6. The number of hydrogen-bond acceptors (Lipinski definition) is 10. The first-order chi connectivity index (χ1) is 23.1. The van der Waals surface area contributed by atoms with Crippen LogP contribution in [0.2, 0.25) is 0 Å². The molecule has 250 valence electrons. The molecule has 2 aromatic heterocycles. The molecule has 2 N–H and O–H groups in total. The van der Waals surface area contributed by atoms with Crippen molar-refractivity contribution in [1.29, 1.82) is 0 Å². The van der Waals surface area contributed by atoms with E-state index in [9.17, 15) is 19.2 Å². The van der Waals surface area contributed by atoms with Crippen LogP contribution in [-0.2, 0) is 16.6 Å². The van der Waals surface area contributed by atoms with Gasteiger partial charge in [0.2, 0.25) is 11.7 Å². The van der Waals surface area contributed by atoms with Crippen LogP contribution in [0.4, 0.5) is 17.2 Å². The maximum absolute atomic E-state index is 13.3. The molecule has 3 amide bonds. The number of benzene rings is 2. The molecule has 4 heterocycles. The quantitative estimate of drug-likeness (QED) is 0.167. The van der Waals surface area contributed by atoms with Gasteiger partial charge in [0.05, 0.1) is 38.1 Å². The monoisotopic (exact) mass is 672 g/mol. The Balaban J connectivity index is 1.02. The van der Waals surface area contributed by atoms with E-state index in [1.165, 1.54) is 30.1 Å². The highest BCUT2D eigenvalue weighted by Crippen LogP contribution is 2.38. The highest BCUT2D eigenvalue weighted by Gasteiger charge is 2.33. The van der Waals surface area contributed by atoms with Gasteiger partial charge in [-0.05, 0) is 60.9 Å². The molecule has 0 saturated carbocycles. The van der Waals surface area contributed by atoms with E-state index in [2.05, 4.69) is 27.5 Å². The molecular weight excluding hydrogens is 636 g/mol. The third-order valence-corrected chi connectivity index (χ3v) is 9.48. The number of methoxy groups -OCH3 is 2. The molecule has 13 nitrogen and oxygen atoms in total. The van der Waals surface area contributed by atoms with Crippen molar-refractivity contribution in [1.82, 2.24) is 14.5 Å². The van der Waals surface area contributed by atoms with Gasteiger partial charge >= 0.3 is 5.97 Å². The summed E-state index contributed by atoms with van der Waals surface area (Å²) in [5, 5.41) is 6.34. The van der Waals surface area contributed by atoms with Crippen molar-refractivity contribution < 1.29 is 33.4 Å². The zero-order chi connectivity index (χ0) is 33.9. The number of hydrogen-bond donors (Lipinski definition) is 2. The maximum Gasteiger partial charge on any atom is 0.348 e. The Bertz CT molecular complexity index is 1930. The van der Waals surface area contributed by atoms with E-state index in [4.69, 9.17) is 14.2 Å². The zero-order valence-electron chi connectivity index (χ0n) is 27.1. The summed E-state index contributed by atoms with van der Waals surface area (Å²) in [6, 6.07) is 10.4. The number of rotatable bonds is 10. The molecule has 4 aromatic rings. The Morgan fingerprint density at radius 1 is 1.08 bits per heavy atom. The van der Waals surface area contributed by atoms with Crippen LogP contribution in [0.25, 0.3) is 10.1 Å². The normalized spacial score (nSPS) is 16.9. The molecule has 1 unspecified atom stereocenters. The average molecular weight is 673 g/mol. The number of aliphatic imine (C=N–C) groups is 1. The lowest BCUT2D eigenvalue weighted by Crippen LogP contribution is -2.45. The van der Waals surface area contributed by atoms with E-state index in [1.807, 2.05) is 17.2 Å². The lowest BCUT2D eigenvalue weighted by molar-refractivity contribution is -0.116. The van der Waals surface area contributed by atoms with E-state index in [1.54, 1.807) is 43.6 Å². The highest BCUT2D eigenvalue weighted by atomic mass is 32.1. The third-order valence-electron chi connectivity index (χ3n) is 8.38. The van der Waals surface area contributed by atoms with Gasteiger partial charge in [0.25, 0.3) is 11.8 Å². The largest absolute Gasteiger partial charge is 0.493 e. The molecule has 6 rings (SSSR count). The van der Waals surface area contributed by atoms with Crippen LogP contribution in [-0.4, -0.2) is 77.8 Å². The number of carbonyl (C=O) groups excluding carboxylic acids is 4. The van der Waals surface area contributed by atoms with Crippen molar-refractivity contribution >= 4 is 68.5 Å². The van der Waals surface area contributed by atoms with Crippen molar-refractivity contribution in [3.05, 3.63) is 58.9 Å². The lowest BCUT2D eigenvalue weighted by atomic mass is 9.92. The van der Waals surface area contributed by atoms with Crippen LogP contribution >= 0.6 is 11.3 Å². The number of ether oxygens (including phenoxy) is 3. The molecule has 2 aromatic carbocycles. The fourth-order valence-electron chi connectivity index (χ4n) is 5.86. The summed E-state index contributed by atoms with van der Waals surface area (Å²) in [4.78, 5) is 62.1. The Morgan fingerprint density at radius 3 is 2.71 bits per heavy atom. The maximum atomic E-state index is 13.3. The number of anilines is 2. The summed E-state index contributed by atoms with van der Waals surface area (Å²) >= 11 is 1.31. The summed E-state index contributed by atoms with van der Waals surface area (Å²) in [5.74, 6) is 0.515. The van der Waals surface area contributed by atoms with Crippen LogP contribution in [0, 0.1) is 5.92 Å². The van der Waals surface area contributed by atoms with E-state index >= 15 is 0 Å². The van der Waals surface area contributed by atoms with Gasteiger partial charge < -0.3 is 34.3 Å². The molecule has 1 fully saturated rings. The summed E-state index contributed by atoms with van der Waals surface area (Å²) in [6.45, 7) is 3.10. The van der Waals surface area contributed by atoms with Crippen LogP contribution in [0.5, 0.6) is 11.5 Å². The number of carbonyl (C=O) groups is 4. The number of imidazole rings is 1. The van der Waals surface area contributed by atoms with Crippen molar-refractivity contribution in [3.8, 4) is 11.5 Å². The lowest BCUT2D eigenvalue weighted by Gasteiger charge is -2.35. The molecule has 2 aliphatic heterocycles. The number of thiophene rings is 1. The number of nitrogens with one attached hydrogen (secondary N) is 2. The number of aromatic nitrogens is 2. The second kappa shape index (κ2) is 13.9. The standard InChI is InChI=1S/C34H36N6O7S/c1-19-9-10-40-22(12-19)17-35-24-16-26(25(45-3)15-23(24)33(40)43)47-11-5-6-30(41)37-29-18-39(2)31(38-29)32(42)36-21-7-8-27-20(13-21)14-28(48-27)34(44)46-4/h7-8,13-19,22H,5-6,9-12H2,1-4H3,(H,36,42)(H,37,41)/t19?,22-/m0/s1. The van der Waals surface area contributed by atoms with Crippen LogP contribution in [0.15, 0.2) is 47.6 Å². The number of amides is 3. The first-order valence-corrected chi connectivity index (χ1v) is 16.4. The summed E-state index contributed by atoms with van der Waals surface area (Å²) in [5.41, 5.74) is 1.54. The number of piperidine rings is 1. The minimum absolute atomic E-state index is 0.0299. The molecule has 2 aliphatic rings. The van der Waals surface area contributed by atoms with Gasteiger partial charge in [-0.1, -0.05) is 6.92 Å². The molecule has 0 radical (unpaired) electrons. The minimum atomic E-state index is -0.458. The number of fused-ring (bicyclic) bond motifs is 3. The fourth-order valence-corrected chi connectivity index (χ4v) is 6.83. The predicted molar refractivity (Wildman–Crippen MR) is 182 cm³/mol. The number of nitrogens with zero attached hydrogens (tertiary/aromatic N) is 4. The summed E-state index contributed by atoms with van der Waals surface area (Å²) < 4.78 is 18.7. The van der Waals surface area contributed by atoms with E-state index in [0.717, 1.165) is 22.9 Å². The molecule has 48 heavy (non-hydrogen) atoms. The fraction of sp³-hybridized carbons (Fsp3) is 0.353. The first kappa shape index (κ1) is 32.7. The number of aryl methyl sites for hydroxylation is 1. The van der Waals surface area contributed by atoms with E-state index in [-0.39, 0.29) is 42.5 Å².